The molecule has 0 saturated heterocycles. The van der Waals surface area contributed by atoms with Crippen LogP contribution in [0.15, 0.2) is 34.8 Å². The Morgan fingerprint density at radius 3 is 2.24 bits per heavy atom. The monoisotopic (exact) mass is 416 g/mol. The van der Waals surface area contributed by atoms with Gasteiger partial charge in [0, 0.05) is 4.47 Å². The van der Waals surface area contributed by atoms with Crippen molar-refractivity contribution < 1.29 is 13.9 Å². The maximum Gasteiger partial charge on any atom is 0.161 e. The third-order valence-corrected chi connectivity index (χ3v) is 4.97. The van der Waals surface area contributed by atoms with Crippen molar-refractivity contribution in [2.75, 3.05) is 14.2 Å². The van der Waals surface area contributed by atoms with Gasteiger partial charge in [-0.1, -0.05) is 44.0 Å². The van der Waals surface area contributed by atoms with Crippen molar-refractivity contribution in [3.63, 3.8) is 0 Å². The highest BCUT2D eigenvalue weighted by atomic mass is 79.9. The van der Waals surface area contributed by atoms with Crippen LogP contribution in [0, 0.1) is 12.7 Å². The Labute approximate surface area is 140 Å². The second kappa shape index (κ2) is 6.79. The van der Waals surface area contributed by atoms with Gasteiger partial charge in [0.05, 0.1) is 19.0 Å². The molecule has 2 nitrogen and oxygen atoms in total. The molecule has 2 rings (SSSR count). The van der Waals surface area contributed by atoms with Crippen LogP contribution in [0.2, 0.25) is 0 Å². The number of alkyl halides is 1. The van der Waals surface area contributed by atoms with Crippen LogP contribution < -0.4 is 9.47 Å². The predicted octanol–water partition coefficient (Wildman–Crippen LogP) is 5.40. The molecule has 5 heteroatoms. The van der Waals surface area contributed by atoms with Crippen LogP contribution in [0.5, 0.6) is 11.5 Å². The lowest BCUT2D eigenvalue weighted by atomic mass is 10.0. The summed E-state index contributed by atoms with van der Waals surface area (Å²) in [6.07, 6.45) is 0. The largest absolute Gasteiger partial charge is 0.493 e. The first-order valence-corrected chi connectivity index (χ1v) is 8.00. The van der Waals surface area contributed by atoms with Gasteiger partial charge in [-0.15, -0.1) is 0 Å². The first kappa shape index (κ1) is 16.3. The number of hydrogen-bond donors (Lipinski definition) is 0. The van der Waals surface area contributed by atoms with E-state index in [1.165, 1.54) is 6.07 Å². The summed E-state index contributed by atoms with van der Waals surface area (Å²) in [4.78, 5) is -0.151. The molecule has 0 aliphatic heterocycles. The quantitative estimate of drug-likeness (QED) is 0.620. The molecule has 0 aromatic heterocycles. The molecule has 0 aliphatic carbocycles. The van der Waals surface area contributed by atoms with E-state index in [9.17, 15) is 4.39 Å². The molecule has 21 heavy (non-hydrogen) atoms. The van der Waals surface area contributed by atoms with Crippen LogP contribution in [-0.4, -0.2) is 14.2 Å². The second-order valence-corrected chi connectivity index (χ2v) is 6.37. The highest BCUT2D eigenvalue weighted by molar-refractivity contribution is 9.11. The number of aryl methyl sites for hydroxylation is 1. The molecule has 1 atom stereocenters. The van der Waals surface area contributed by atoms with Crippen molar-refractivity contribution in [3.8, 4) is 11.5 Å². The number of hydrogen-bond acceptors (Lipinski definition) is 2. The van der Waals surface area contributed by atoms with Gasteiger partial charge in [0.1, 0.15) is 5.82 Å². The van der Waals surface area contributed by atoms with Crippen molar-refractivity contribution in [1.29, 1.82) is 0 Å². The van der Waals surface area contributed by atoms with Crippen molar-refractivity contribution in [2.24, 2.45) is 0 Å². The fraction of sp³-hybridized carbons (Fsp3) is 0.250. The summed E-state index contributed by atoms with van der Waals surface area (Å²) >= 11 is 7.14. The maximum absolute atomic E-state index is 13.7. The van der Waals surface area contributed by atoms with E-state index < -0.39 is 0 Å². The average molecular weight is 418 g/mol. The van der Waals surface area contributed by atoms with Gasteiger partial charge < -0.3 is 9.47 Å². The minimum absolute atomic E-state index is 0.151. The second-order valence-electron chi connectivity index (χ2n) is 4.60. The van der Waals surface area contributed by atoms with Gasteiger partial charge in [-0.25, -0.2) is 4.39 Å². The Morgan fingerprint density at radius 1 is 1.05 bits per heavy atom. The first-order valence-electron chi connectivity index (χ1n) is 6.29. The van der Waals surface area contributed by atoms with Gasteiger partial charge in [-0.3, -0.25) is 0 Å². The molecule has 1 unspecified atom stereocenters. The topological polar surface area (TPSA) is 18.5 Å². The number of methoxy groups -OCH3 is 2. The zero-order chi connectivity index (χ0) is 15.6. The van der Waals surface area contributed by atoms with E-state index in [0.717, 1.165) is 15.6 Å². The molecule has 0 radical (unpaired) electrons. The molecule has 0 aliphatic rings. The molecule has 2 aromatic carbocycles. The number of benzene rings is 2. The molecule has 0 fully saturated rings. The molecule has 0 heterocycles. The van der Waals surface area contributed by atoms with E-state index >= 15 is 0 Å². The maximum atomic E-state index is 13.7. The fourth-order valence-corrected chi connectivity index (χ4v) is 3.53. The van der Waals surface area contributed by atoms with Crippen LogP contribution in [0.1, 0.15) is 21.5 Å². The van der Waals surface area contributed by atoms with Gasteiger partial charge in [0.25, 0.3) is 0 Å². The third kappa shape index (κ3) is 3.40. The molecule has 0 saturated carbocycles. The van der Waals surface area contributed by atoms with Gasteiger partial charge in [-0.2, -0.15) is 0 Å². The smallest absolute Gasteiger partial charge is 0.161 e. The van der Waals surface area contributed by atoms with Crippen molar-refractivity contribution in [2.45, 2.75) is 11.8 Å². The normalized spacial score (nSPS) is 12.1. The third-order valence-electron chi connectivity index (χ3n) is 3.26. The van der Waals surface area contributed by atoms with Gasteiger partial charge in [-0.05, 0) is 41.8 Å². The Morgan fingerprint density at radius 2 is 1.67 bits per heavy atom. The van der Waals surface area contributed by atoms with Gasteiger partial charge in [0.15, 0.2) is 11.5 Å². The van der Waals surface area contributed by atoms with E-state index in [0.29, 0.717) is 17.1 Å². The summed E-state index contributed by atoms with van der Waals surface area (Å²) in [5, 5.41) is 0. The molecular weight excluding hydrogens is 403 g/mol. The number of ether oxygens (including phenoxy) is 2. The summed E-state index contributed by atoms with van der Waals surface area (Å²) in [5.74, 6) is 1.06. The SMILES string of the molecule is COc1cc(Br)c(C(Br)c2ccc(C)c(F)c2)cc1OC. The molecule has 0 amide bonds. The van der Waals surface area contributed by atoms with Gasteiger partial charge >= 0.3 is 0 Å². The molecule has 0 bridgehead atoms. The summed E-state index contributed by atoms with van der Waals surface area (Å²) in [6.45, 7) is 1.74. The molecular formula is C16H15Br2FO2. The van der Waals surface area contributed by atoms with E-state index in [1.54, 1.807) is 27.2 Å². The van der Waals surface area contributed by atoms with Crippen LogP contribution in [0.25, 0.3) is 0 Å². The lowest BCUT2D eigenvalue weighted by Crippen LogP contribution is -1.99. The Bertz CT molecular complexity index is 659. The van der Waals surface area contributed by atoms with Gasteiger partial charge in [0.2, 0.25) is 0 Å². The van der Waals surface area contributed by atoms with Crippen molar-refractivity contribution in [1.82, 2.24) is 0 Å². The lowest BCUT2D eigenvalue weighted by molar-refractivity contribution is 0.354. The van der Waals surface area contributed by atoms with E-state index in [4.69, 9.17) is 9.47 Å². The molecule has 112 valence electrons. The summed E-state index contributed by atoms with van der Waals surface area (Å²) in [6, 6.07) is 8.93. The minimum atomic E-state index is -0.214. The standard InChI is InChI=1S/C16H15Br2FO2/c1-9-4-5-10(6-13(9)19)16(18)11-7-14(20-2)15(21-3)8-12(11)17/h4-8,16H,1-3H3. The Kier molecular flexibility index (Phi) is 5.27. The van der Waals surface area contributed by atoms with Crippen LogP contribution >= 0.6 is 31.9 Å². The summed E-state index contributed by atoms with van der Waals surface area (Å²) in [5.41, 5.74) is 2.41. The highest BCUT2D eigenvalue weighted by Crippen LogP contribution is 2.41. The van der Waals surface area contributed by atoms with Crippen LogP contribution in [0.4, 0.5) is 4.39 Å². The number of rotatable bonds is 4. The first-order chi connectivity index (χ1) is 9.97. The lowest BCUT2D eigenvalue weighted by Gasteiger charge is -2.16. The summed E-state index contributed by atoms with van der Waals surface area (Å²) in [7, 11) is 3.18. The van der Waals surface area contributed by atoms with Crippen LogP contribution in [0.3, 0.4) is 0 Å². The summed E-state index contributed by atoms with van der Waals surface area (Å²) < 4.78 is 25.2. The van der Waals surface area contributed by atoms with Crippen LogP contribution in [-0.2, 0) is 0 Å². The van der Waals surface area contributed by atoms with Crippen molar-refractivity contribution in [3.05, 3.63) is 57.3 Å². The average Bonchev–Trinajstić information content (AvgIpc) is 2.49. The zero-order valence-electron chi connectivity index (χ0n) is 11.9. The van der Waals surface area contributed by atoms with E-state index in [2.05, 4.69) is 31.9 Å². The predicted molar refractivity (Wildman–Crippen MR) is 89.2 cm³/mol. The van der Waals surface area contributed by atoms with Crippen molar-refractivity contribution >= 4 is 31.9 Å². The van der Waals surface area contributed by atoms with E-state index in [1.807, 2.05) is 18.2 Å². The Hall–Kier alpha value is -1.07. The molecule has 0 spiro atoms. The number of halogens is 3. The fourth-order valence-electron chi connectivity index (χ4n) is 2.01. The molecule has 2 aromatic rings. The Balaban J connectivity index is 2.47. The minimum Gasteiger partial charge on any atom is -0.493 e. The highest BCUT2D eigenvalue weighted by Gasteiger charge is 2.18. The zero-order valence-corrected chi connectivity index (χ0v) is 15.1. The molecule has 0 N–H and O–H groups in total. The van der Waals surface area contributed by atoms with E-state index in [-0.39, 0.29) is 10.6 Å².